The van der Waals surface area contributed by atoms with Crippen molar-refractivity contribution in [2.45, 2.75) is 44.9 Å². The maximum Gasteiger partial charge on any atom is 0.234 e. The van der Waals surface area contributed by atoms with E-state index in [9.17, 15) is 14.7 Å². The molecule has 0 aromatic heterocycles. The van der Waals surface area contributed by atoms with Crippen LogP contribution in [0, 0.1) is 0 Å². The Morgan fingerprint density at radius 3 is 2.05 bits per heavy atom. The summed E-state index contributed by atoms with van der Waals surface area (Å²) in [7, 11) is 0. The highest BCUT2D eigenvalue weighted by molar-refractivity contribution is 6.52. The number of rotatable bonds is 8. The summed E-state index contributed by atoms with van der Waals surface area (Å²) in [4.78, 5) is 24.2. The molecule has 0 bridgehead atoms. The zero-order valence-electron chi connectivity index (χ0n) is 12.7. The number of carbonyl (C=O) groups excluding carboxylic acids is 2. The molecule has 1 aliphatic carbocycles. The molecule has 0 radical (unpaired) electrons. The minimum absolute atomic E-state index is 0.0412. The third-order valence-electron chi connectivity index (χ3n) is 4.03. The number of Topliss-reactive ketones (excluding diaryl/α,β-unsaturated/α-hetero) is 2. The second-order valence-corrected chi connectivity index (χ2v) is 5.63. The monoisotopic (exact) mass is 302 g/mol. The Balaban J connectivity index is 1.95. The molecular weight excluding hydrogens is 280 g/mol. The second-order valence-electron chi connectivity index (χ2n) is 5.63. The van der Waals surface area contributed by atoms with Crippen molar-refractivity contribution < 1.29 is 19.8 Å². The van der Waals surface area contributed by atoms with Crippen LogP contribution in [0.1, 0.15) is 60.9 Å². The van der Waals surface area contributed by atoms with Gasteiger partial charge >= 0.3 is 0 Å². The normalized spacial score (nSPS) is 14.4. The maximum absolute atomic E-state index is 12.1. The Hall–Kier alpha value is -1.94. The van der Waals surface area contributed by atoms with E-state index in [-0.39, 0.29) is 23.5 Å². The maximum atomic E-state index is 12.1. The van der Waals surface area contributed by atoms with Gasteiger partial charge in [-0.1, -0.05) is 49.9 Å². The van der Waals surface area contributed by atoms with Gasteiger partial charge in [0.2, 0.25) is 11.6 Å². The van der Waals surface area contributed by atoms with Gasteiger partial charge in [-0.3, -0.25) is 9.59 Å². The van der Waals surface area contributed by atoms with Crippen molar-refractivity contribution in [1.29, 1.82) is 0 Å². The Bertz CT molecular complexity index is 587. The highest BCUT2D eigenvalue weighted by atomic mass is 16.3. The molecule has 2 N–H and O–H groups in total. The molecule has 0 saturated carbocycles. The van der Waals surface area contributed by atoms with Gasteiger partial charge in [0.15, 0.2) is 0 Å². The van der Waals surface area contributed by atoms with Gasteiger partial charge < -0.3 is 10.2 Å². The smallest absolute Gasteiger partial charge is 0.234 e. The minimum Gasteiger partial charge on any atom is -0.507 e. The van der Waals surface area contributed by atoms with E-state index in [2.05, 4.69) is 0 Å². The van der Waals surface area contributed by atoms with E-state index in [0.29, 0.717) is 12.0 Å². The van der Waals surface area contributed by atoms with Gasteiger partial charge in [-0.25, -0.2) is 0 Å². The summed E-state index contributed by atoms with van der Waals surface area (Å²) < 4.78 is 0. The molecular formula is C18H22O4. The van der Waals surface area contributed by atoms with E-state index in [1.165, 1.54) is 0 Å². The average molecular weight is 302 g/mol. The molecule has 2 rings (SSSR count). The predicted molar refractivity (Wildman–Crippen MR) is 84.7 cm³/mol. The Morgan fingerprint density at radius 2 is 1.36 bits per heavy atom. The fraction of sp³-hybridized carbons (Fsp3) is 0.444. The van der Waals surface area contributed by atoms with Crippen LogP contribution in [-0.4, -0.2) is 28.4 Å². The lowest BCUT2D eigenvalue weighted by Gasteiger charge is -2.17. The molecule has 4 heteroatoms. The predicted octanol–water partition coefficient (Wildman–Crippen LogP) is 3.44. The number of benzene rings is 1. The van der Waals surface area contributed by atoms with Crippen molar-refractivity contribution in [3.8, 4) is 0 Å². The molecule has 0 saturated heterocycles. The third-order valence-corrected chi connectivity index (χ3v) is 4.03. The van der Waals surface area contributed by atoms with Crippen LogP contribution >= 0.6 is 0 Å². The number of hydrogen-bond donors (Lipinski definition) is 2. The van der Waals surface area contributed by atoms with Crippen molar-refractivity contribution in [2.75, 3.05) is 6.61 Å². The highest BCUT2D eigenvalue weighted by Gasteiger charge is 2.31. The first kappa shape index (κ1) is 16.4. The van der Waals surface area contributed by atoms with Crippen molar-refractivity contribution in [1.82, 2.24) is 0 Å². The molecule has 0 heterocycles. The summed E-state index contributed by atoms with van der Waals surface area (Å²) >= 11 is 0. The number of unbranched alkanes of at least 4 members (excludes halogenated alkanes) is 5. The van der Waals surface area contributed by atoms with Crippen LogP contribution in [0.2, 0.25) is 0 Å². The fourth-order valence-corrected chi connectivity index (χ4v) is 2.77. The molecule has 0 fully saturated rings. The minimum atomic E-state index is -0.573. The summed E-state index contributed by atoms with van der Waals surface area (Å²) in [6.45, 7) is 0.233. The van der Waals surface area contributed by atoms with Gasteiger partial charge in [0.05, 0.1) is 0 Å². The number of aliphatic hydroxyl groups is 2. The van der Waals surface area contributed by atoms with E-state index in [0.717, 1.165) is 38.5 Å². The molecule has 0 amide bonds. The van der Waals surface area contributed by atoms with Crippen molar-refractivity contribution in [2.24, 2.45) is 0 Å². The number of hydrogen-bond acceptors (Lipinski definition) is 4. The van der Waals surface area contributed by atoms with Crippen LogP contribution in [0.5, 0.6) is 0 Å². The van der Waals surface area contributed by atoms with Crippen LogP contribution in [0.4, 0.5) is 0 Å². The molecule has 4 nitrogen and oxygen atoms in total. The van der Waals surface area contributed by atoms with Crippen LogP contribution in [0.15, 0.2) is 29.8 Å². The number of allylic oxidation sites excluding steroid dienone is 1. The van der Waals surface area contributed by atoms with Crippen LogP contribution < -0.4 is 0 Å². The van der Waals surface area contributed by atoms with Gasteiger partial charge in [-0.05, 0) is 19.3 Å². The average Bonchev–Trinajstić information content (AvgIpc) is 2.54. The molecule has 1 aliphatic rings. The molecule has 1 aromatic carbocycles. The molecule has 22 heavy (non-hydrogen) atoms. The summed E-state index contributed by atoms with van der Waals surface area (Å²) in [5.74, 6) is -1.14. The number of carbonyl (C=O) groups is 2. The van der Waals surface area contributed by atoms with Crippen LogP contribution in [0.25, 0.3) is 5.76 Å². The lowest BCUT2D eigenvalue weighted by Crippen LogP contribution is -2.24. The summed E-state index contributed by atoms with van der Waals surface area (Å²) in [5, 5.41) is 19.0. The molecule has 1 aromatic rings. The van der Waals surface area contributed by atoms with Crippen LogP contribution in [-0.2, 0) is 4.79 Å². The zero-order valence-corrected chi connectivity index (χ0v) is 12.7. The Morgan fingerprint density at radius 1 is 0.773 bits per heavy atom. The molecule has 0 atom stereocenters. The summed E-state index contributed by atoms with van der Waals surface area (Å²) in [6, 6.07) is 6.68. The number of aliphatic hydroxyl groups excluding tert-OH is 2. The summed E-state index contributed by atoms with van der Waals surface area (Å²) in [6.07, 6.45) is 6.09. The molecule has 0 spiro atoms. The van der Waals surface area contributed by atoms with Gasteiger partial charge in [0.25, 0.3) is 0 Å². The van der Waals surface area contributed by atoms with Crippen LogP contribution in [0.3, 0.4) is 0 Å². The quantitative estimate of drug-likeness (QED) is 0.570. The first-order chi connectivity index (χ1) is 10.7. The van der Waals surface area contributed by atoms with Gasteiger partial charge in [-0.15, -0.1) is 0 Å². The SMILES string of the molecule is O=C1C(=O)c2ccccc2C(O)=C1CCCCCCCCO. The van der Waals surface area contributed by atoms with Gasteiger partial charge in [-0.2, -0.15) is 0 Å². The van der Waals surface area contributed by atoms with E-state index < -0.39 is 11.6 Å². The lowest BCUT2D eigenvalue weighted by molar-refractivity contribution is -0.112. The highest BCUT2D eigenvalue weighted by Crippen LogP contribution is 2.30. The van der Waals surface area contributed by atoms with Gasteiger partial charge in [0, 0.05) is 23.3 Å². The first-order valence-corrected chi connectivity index (χ1v) is 7.88. The summed E-state index contributed by atoms with van der Waals surface area (Å²) in [5.41, 5.74) is 1.00. The fourth-order valence-electron chi connectivity index (χ4n) is 2.77. The number of ketones is 2. The topological polar surface area (TPSA) is 74.6 Å². The van der Waals surface area contributed by atoms with Crippen molar-refractivity contribution in [3.05, 3.63) is 41.0 Å². The van der Waals surface area contributed by atoms with E-state index in [1.807, 2.05) is 0 Å². The third kappa shape index (κ3) is 3.63. The Kier molecular flexibility index (Phi) is 5.90. The molecule has 0 aliphatic heterocycles. The van der Waals surface area contributed by atoms with E-state index in [1.54, 1.807) is 24.3 Å². The first-order valence-electron chi connectivity index (χ1n) is 7.88. The van der Waals surface area contributed by atoms with E-state index in [4.69, 9.17) is 5.11 Å². The molecule has 118 valence electrons. The second kappa shape index (κ2) is 7.90. The van der Waals surface area contributed by atoms with E-state index >= 15 is 0 Å². The zero-order chi connectivity index (χ0) is 15.9. The molecule has 0 unspecified atom stereocenters. The lowest BCUT2D eigenvalue weighted by atomic mass is 9.86. The van der Waals surface area contributed by atoms with Gasteiger partial charge in [0.1, 0.15) is 5.76 Å². The number of fused-ring (bicyclic) bond motifs is 1. The standard InChI is InChI=1S/C18H22O4/c19-12-8-4-2-1-3-5-11-15-16(20)13-9-6-7-10-14(13)17(21)18(15)22/h6-7,9-10,19-20H,1-5,8,11-12H2. The Labute approximate surface area is 130 Å². The largest absolute Gasteiger partial charge is 0.507 e. The van der Waals surface area contributed by atoms with Crippen molar-refractivity contribution >= 4 is 17.3 Å². The van der Waals surface area contributed by atoms with Crippen molar-refractivity contribution in [3.63, 3.8) is 0 Å².